The van der Waals surface area contributed by atoms with Gasteiger partial charge in [0.1, 0.15) is 0 Å². The normalized spacial score (nSPS) is 32.4. The van der Waals surface area contributed by atoms with Gasteiger partial charge in [0, 0.05) is 13.0 Å². The maximum absolute atomic E-state index is 12.4. The molecule has 0 radical (unpaired) electrons. The Morgan fingerprint density at radius 2 is 2.16 bits per heavy atom. The van der Waals surface area contributed by atoms with Gasteiger partial charge in [-0.25, -0.2) is 0 Å². The number of amides is 2. The lowest BCUT2D eigenvalue weighted by molar-refractivity contribution is -0.142. The fourth-order valence-electron chi connectivity index (χ4n) is 3.07. The predicted octanol–water partition coefficient (Wildman–Crippen LogP) is 1.80. The molecule has 2 fully saturated rings. The maximum atomic E-state index is 12.4. The SMILES string of the molecule is CC(C)C1(C)CC(=O)N(CCC2CCCNC2)C1=O. The van der Waals surface area contributed by atoms with Gasteiger partial charge >= 0.3 is 0 Å². The molecule has 19 heavy (non-hydrogen) atoms. The molecule has 0 spiro atoms. The van der Waals surface area contributed by atoms with E-state index in [1.165, 1.54) is 17.7 Å². The molecule has 0 aromatic rings. The number of hydrogen-bond donors (Lipinski definition) is 1. The first-order valence-corrected chi connectivity index (χ1v) is 7.50. The highest BCUT2D eigenvalue weighted by molar-refractivity contribution is 6.05. The van der Waals surface area contributed by atoms with E-state index < -0.39 is 5.41 Å². The molecule has 0 aromatic carbocycles. The van der Waals surface area contributed by atoms with Gasteiger partial charge in [-0.2, -0.15) is 0 Å². The van der Waals surface area contributed by atoms with Crippen molar-refractivity contribution in [2.45, 2.75) is 46.5 Å². The molecule has 2 aliphatic rings. The zero-order valence-corrected chi connectivity index (χ0v) is 12.4. The third-order valence-corrected chi connectivity index (χ3v) is 4.99. The van der Waals surface area contributed by atoms with Gasteiger partial charge in [-0.15, -0.1) is 0 Å². The van der Waals surface area contributed by atoms with Crippen molar-refractivity contribution in [2.24, 2.45) is 17.3 Å². The molecule has 0 bridgehead atoms. The standard InChI is InChI=1S/C15H26N2O2/c1-11(2)15(3)9-13(18)17(14(15)19)8-6-12-5-4-7-16-10-12/h11-12,16H,4-10H2,1-3H3. The molecule has 4 nitrogen and oxygen atoms in total. The Labute approximate surface area is 115 Å². The van der Waals surface area contributed by atoms with Crippen molar-refractivity contribution in [1.29, 1.82) is 0 Å². The van der Waals surface area contributed by atoms with Crippen LogP contribution in [0, 0.1) is 17.3 Å². The van der Waals surface area contributed by atoms with Crippen LogP contribution >= 0.6 is 0 Å². The topological polar surface area (TPSA) is 49.4 Å². The van der Waals surface area contributed by atoms with E-state index in [-0.39, 0.29) is 17.7 Å². The van der Waals surface area contributed by atoms with Crippen LogP contribution in [0.2, 0.25) is 0 Å². The van der Waals surface area contributed by atoms with E-state index >= 15 is 0 Å². The van der Waals surface area contributed by atoms with Gasteiger partial charge in [0.15, 0.2) is 0 Å². The smallest absolute Gasteiger partial charge is 0.235 e. The van der Waals surface area contributed by atoms with Crippen molar-refractivity contribution in [3.05, 3.63) is 0 Å². The number of imide groups is 1. The maximum Gasteiger partial charge on any atom is 0.235 e. The molecule has 1 N–H and O–H groups in total. The van der Waals surface area contributed by atoms with Crippen LogP contribution in [-0.4, -0.2) is 36.3 Å². The molecule has 2 heterocycles. The summed E-state index contributed by atoms with van der Waals surface area (Å²) in [6.45, 7) is 8.72. The molecule has 2 unspecified atom stereocenters. The van der Waals surface area contributed by atoms with E-state index in [1.807, 2.05) is 20.8 Å². The quantitative estimate of drug-likeness (QED) is 0.789. The van der Waals surface area contributed by atoms with Gasteiger partial charge in [-0.1, -0.05) is 13.8 Å². The van der Waals surface area contributed by atoms with Crippen molar-refractivity contribution < 1.29 is 9.59 Å². The number of piperidine rings is 1. The van der Waals surface area contributed by atoms with E-state index in [0.29, 0.717) is 18.9 Å². The van der Waals surface area contributed by atoms with Crippen molar-refractivity contribution in [1.82, 2.24) is 10.2 Å². The van der Waals surface area contributed by atoms with Crippen LogP contribution in [0.5, 0.6) is 0 Å². The van der Waals surface area contributed by atoms with Crippen molar-refractivity contribution in [2.75, 3.05) is 19.6 Å². The van der Waals surface area contributed by atoms with Crippen LogP contribution in [0.4, 0.5) is 0 Å². The predicted molar refractivity (Wildman–Crippen MR) is 74.5 cm³/mol. The minimum Gasteiger partial charge on any atom is -0.316 e. The van der Waals surface area contributed by atoms with E-state index in [2.05, 4.69) is 5.32 Å². The summed E-state index contributed by atoms with van der Waals surface area (Å²) in [7, 11) is 0. The second-order valence-electron chi connectivity index (χ2n) is 6.60. The molecule has 2 aliphatic heterocycles. The highest BCUT2D eigenvalue weighted by Gasteiger charge is 2.49. The molecule has 2 saturated heterocycles. The van der Waals surface area contributed by atoms with E-state index in [1.54, 1.807) is 0 Å². The van der Waals surface area contributed by atoms with Gasteiger partial charge in [0.2, 0.25) is 11.8 Å². The van der Waals surface area contributed by atoms with E-state index in [0.717, 1.165) is 19.5 Å². The number of hydrogen-bond acceptors (Lipinski definition) is 3. The van der Waals surface area contributed by atoms with Gasteiger partial charge in [-0.3, -0.25) is 14.5 Å². The number of carbonyl (C=O) groups excluding carboxylic acids is 2. The van der Waals surface area contributed by atoms with Crippen LogP contribution in [-0.2, 0) is 9.59 Å². The summed E-state index contributed by atoms with van der Waals surface area (Å²) in [5.74, 6) is 0.881. The first kappa shape index (κ1) is 14.5. The first-order chi connectivity index (χ1) is 8.95. The summed E-state index contributed by atoms with van der Waals surface area (Å²) >= 11 is 0. The Bertz CT molecular complexity index is 361. The molecule has 2 rings (SSSR count). The minimum atomic E-state index is -0.484. The van der Waals surface area contributed by atoms with Gasteiger partial charge in [0.25, 0.3) is 0 Å². The van der Waals surface area contributed by atoms with Gasteiger partial charge in [-0.05, 0) is 51.1 Å². The molecule has 0 aliphatic carbocycles. The Kier molecular flexibility index (Phi) is 4.29. The lowest BCUT2D eigenvalue weighted by Gasteiger charge is -2.27. The Balaban J connectivity index is 1.93. The zero-order chi connectivity index (χ0) is 14.0. The number of nitrogens with zero attached hydrogens (tertiary/aromatic N) is 1. The van der Waals surface area contributed by atoms with Crippen LogP contribution < -0.4 is 5.32 Å². The minimum absolute atomic E-state index is 0.0185. The molecule has 0 saturated carbocycles. The Morgan fingerprint density at radius 1 is 1.42 bits per heavy atom. The van der Waals surface area contributed by atoms with Gasteiger partial charge < -0.3 is 5.32 Å². The lowest BCUT2D eigenvalue weighted by Crippen LogP contribution is -2.39. The molecule has 108 valence electrons. The van der Waals surface area contributed by atoms with Crippen LogP contribution in [0.1, 0.15) is 46.5 Å². The summed E-state index contributed by atoms with van der Waals surface area (Å²) in [6, 6.07) is 0. The summed E-state index contributed by atoms with van der Waals surface area (Å²) in [5.41, 5.74) is -0.484. The molecule has 0 aromatic heterocycles. The van der Waals surface area contributed by atoms with Crippen molar-refractivity contribution >= 4 is 11.8 Å². The highest BCUT2D eigenvalue weighted by Crippen LogP contribution is 2.39. The number of rotatable bonds is 4. The summed E-state index contributed by atoms with van der Waals surface area (Å²) in [6.07, 6.45) is 3.74. The average molecular weight is 266 g/mol. The number of carbonyl (C=O) groups is 2. The van der Waals surface area contributed by atoms with E-state index in [9.17, 15) is 9.59 Å². The highest BCUT2D eigenvalue weighted by atomic mass is 16.2. The fraction of sp³-hybridized carbons (Fsp3) is 0.867. The molecular formula is C15H26N2O2. The zero-order valence-electron chi connectivity index (χ0n) is 12.4. The first-order valence-electron chi connectivity index (χ1n) is 7.50. The number of likely N-dealkylation sites (tertiary alicyclic amines) is 1. The van der Waals surface area contributed by atoms with Crippen LogP contribution in [0.25, 0.3) is 0 Å². The summed E-state index contributed by atoms with van der Waals surface area (Å²) in [5, 5.41) is 3.38. The third-order valence-electron chi connectivity index (χ3n) is 4.99. The Morgan fingerprint density at radius 3 is 2.68 bits per heavy atom. The monoisotopic (exact) mass is 266 g/mol. The molecule has 2 atom stereocenters. The number of nitrogens with one attached hydrogen (secondary N) is 1. The van der Waals surface area contributed by atoms with Crippen LogP contribution in [0.15, 0.2) is 0 Å². The lowest BCUT2D eigenvalue weighted by atomic mass is 9.78. The molecule has 4 heteroatoms. The van der Waals surface area contributed by atoms with Crippen molar-refractivity contribution in [3.63, 3.8) is 0 Å². The summed E-state index contributed by atoms with van der Waals surface area (Å²) < 4.78 is 0. The molecular weight excluding hydrogens is 240 g/mol. The largest absolute Gasteiger partial charge is 0.316 e. The fourth-order valence-corrected chi connectivity index (χ4v) is 3.07. The summed E-state index contributed by atoms with van der Waals surface area (Å²) in [4.78, 5) is 26.0. The third kappa shape index (κ3) is 2.83. The van der Waals surface area contributed by atoms with Crippen LogP contribution in [0.3, 0.4) is 0 Å². The Hall–Kier alpha value is -0.900. The second kappa shape index (κ2) is 5.61. The van der Waals surface area contributed by atoms with Crippen molar-refractivity contribution in [3.8, 4) is 0 Å². The molecule has 2 amide bonds. The second-order valence-corrected chi connectivity index (χ2v) is 6.60. The van der Waals surface area contributed by atoms with Gasteiger partial charge in [0.05, 0.1) is 5.41 Å². The average Bonchev–Trinajstić information content (AvgIpc) is 2.61. The van der Waals surface area contributed by atoms with E-state index in [4.69, 9.17) is 0 Å².